The molecule has 0 unspecified atom stereocenters. The van der Waals surface area contributed by atoms with Gasteiger partial charge in [0.2, 0.25) is 0 Å². The fourth-order valence-corrected chi connectivity index (χ4v) is 2.74. The molecule has 0 fully saturated rings. The quantitative estimate of drug-likeness (QED) is 0.427. The molecular weight excluding hydrogens is 402 g/mol. The van der Waals surface area contributed by atoms with Crippen LogP contribution in [0.4, 0.5) is 4.39 Å². The summed E-state index contributed by atoms with van der Waals surface area (Å²) >= 11 is 11.8. The zero-order valence-corrected chi connectivity index (χ0v) is 16.0. The number of hydrazone groups is 1. The number of hydrogen-bond acceptors (Lipinski definition) is 3. The van der Waals surface area contributed by atoms with Crippen molar-refractivity contribution in [2.45, 2.75) is 6.61 Å². The summed E-state index contributed by atoms with van der Waals surface area (Å²) in [7, 11) is 0. The fourth-order valence-electron chi connectivity index (χ4n) is 2.34. The molecule has 0 aliphatic carbocycles. The SMILES string of the molecule is O=C(N/N=C/c1ccc(OCc2c(F)cccc2Cl)cc1)c1cccc(Cl)c1. The van der Waals surface area contributed by atoms with E-state index in [1.165, 1.54) is 12.3 Å². The molecule has 0 saturated carbocycles. The Hall–Kier alpha value is -2.89. The highest BCUT2D eigenvalue weighted by Crippen LogP contribution is 2.21. The third kappa shape index (κ3) is 5.31. The summed E-state index contributed by atoms with van der Waals surface area (Å²) in [5.74, 6) is -0.216. The minimum absolute atomic E-state index is 0.0225. The number of nitrogens with zero attached hydrogens (tertiary/aromatic N) is 1. The predicted molar refractivity (Wildman–Crippen MR) is 109 cm³/mol. The summed E-state index contributed by atoms with van der Waals surface area (Å²) < 4.78 is 19.3. The van der Waals surface area contributed by atoms with Gasteiger partial charge < -0.3 is 4.74 Å². The first-order valence-electron chi connectivity index (χ1n) is 8.27. The Kier molecular flexibility index (Phi) is 6.63. The van der Waals surface area contributed by atoms with Gasteiger partial charge in [0.1, 0.15) is 18.2 Å². The Morgan fingerprint density at radius 1 is 1.07 bits per heavy atom. The molecular formula is C21H15Cl2FN2O2. The molecule has 0 bridgehead atoms. The van der Waals surface area contributed by atoms with Gasteiger partial charge in [0.25, 0.3) is 5.91 Å². The summed E-state index contributed by atoms with van der Waals surface area (Å²) in [6.45, 7) is 0.0225. The molecule has 3 aromatic rings. The number of carbonyl (C=O) groups excluding carboxylic acids is 1. The van der Waals surface area contributed by atoms with Crippen molar-refractivity contribution >= 4 is 35.3 Å². The Labute approximate surface area is 171 Å². The molecule has 0 spiro atoms. The molecule has 1 amide bonds. The van der Waals surface area contributed by atoms with Crippen LogP contribution in [-0.4, -0.2) is 12.1 Å². The lowest BCUT2D eigenvalue weighted by Gasteiger charge is -2.08. The monoisotopic (exact) mass is 416 g/mol. The topological polar surface area (TPSA) is 50.7 Å². The molecule has 28 heavy (non-hydrogen) atoms. The second-order valence-electron chi connectivity index (χ2n) is 5.77. The van der Waals surface area contributed by atoms with Gasteiger partial charge in [0.05, 0.1) is 11.2 Å². The van der Waals surface area contributed by atoms with Crippen LogP contribution in [-0.2, 0) is 6.61 Å². The van der Waals surface area contributed by atoms with E-state index in [1.807, 2.05) is 0 Å². The Morgan fingerprint density at radius 3 is 2.54 bits per heavy atom. The van der Waals surface area contributed by atoms with Crippen LogP contribution in [0.3, 0.4) is 0 Å². The molecule has 3 rings (SSSR count). The summed E-state index contributed by atoms with van der Waals surface area (Å²) in [5, 5.41) is 4.71. The van der Waals surface area contributed by atoms with Gasteiger partial charge in [-0.15, -0.1) is 0 Å². The van der Waals surface area contributed by atoms with Gasteiger partial charge in [-0.3, -0.25) is 4.79 Å². The van der Waals surface area contributed by atoms with Crippen molar-refractivity contribution in [2.24, 2.45) is 5.10 Å². The maximum absolute atomic E-state index is 13.7. The van der Waals surface area contributed by atoms with E-state index in [2.05, 4.69) is 10.5 Å². The van der Waals surface area contributed by atoms with Gasteiger partial charge in [-0.25, -0.2) is 9.82 Å². The van der Waals surface area contributed by atoms with E-state index in [0.717, 1.165) is 5.56 Å². The van der Waals surface area contributed by atoms with Crippen molar-refractivity contribution in [1.29, 1.82) is 0 Å². The van der Waals surface area contributed by atoms with Crippen LogP contribution in [0.15, 0.2) is 71.8 Å². The van der Waals surface area contributed by atoms with E-state index in [4.69, 9.17) is 27.9 Å². The van der Waals surface area contributed by atoms with Gasteiger partial charge in [-0.2, -0.15) is 5.10 Å². The summed E-state index contributed by atoms with van der Waals surface area (Å²) in [4.78, 5) is 12.0. The number of halogens is 3. The smallest absolute Gasteiger partial charge is 0.271 e. The van der Waals surface area contributed by atoms with E-state index in [-0.39, 0.29) is 12.5 Å². The number of ether oxygens (including phenoxy) is 1. The van der Waals surface area contributed by atoms with Crippen LogP contribution in [0.25, 0.3) is 0 Å². The second kappa shape index (κ2) is 9.35. The molecule has 142 valence electrons. The van der Waals surface area contributed by atoms with Crippen molar-refractivity contribution < 1.29 is 13.9 Å². The van der Waals surface area contributed by atoms with E-state index in [0.29, 0.717) is 26.9 Å². The van der Waals surface area contributed by atoms with Crippen LogP contribution in [0.2, 0.25) is 10.0 Å². The first-order chi connectivity index (χ1) is 13.5. The minimum Gasteiger partial charge on any atom is -0.489 e. The lowest BCUT2D eigenvalue weighted by atomic mass is 10.2. The summed E-state index contributed by atoms with van der Waals surface area (Å²) in [6, 6.07) is 18.0. The average molecular weight is 417 g/mol. The van der Waals surface area contributed by atoms with E-state index < -0.39 is 5.82 Å². The van der Waals surface area contributed by atoms with Crippen molar-refractivity contribution in [3.63, 3.8) is 0 Å². The van der Waals surface area contributed by atoms with Crippen LogP contribution >= 0.6 is 23.2 Å². The zero-order chi connectivity index (χ0) is 19.9. The number of rotatable bonds is 6. The van der Waals surface area contributed by atoms with Gasteiger partial charge in [0, 0.05) is 16.1 Å². The van der Waals surface area contributed by atoms with Gasteiger partial charge in [0.15, 0.2) is 0 Å². The minimum atomic E-state index is -0.410. The first kappa shape index (κ1) is 19.9. The fraction of sp³-hybridized carbons (Fsp3) is 0.0476. The molecule has 0 aliphatic rings. The van der Waals surface area contributed by atoms with Crippen LogP contribution in [0, 0.1) is 5.82 Å². The number of benzene rings is 3. The standard InChI is InChI=1S/C21H15Cl2FN2O2/c22-16-4-1-3-15(11-16)21(27)26-25-12-14-7-9-17(10-8-14)28-13-18-19(23)5-2-6-20(18)24/h1-12H,13H2,(H,26,27)/b25-12+. The zero-order valence-electron chi connectivity index (χ0n) is 14.5. The van der Waals surface area contributed by atoms with Gasteiger partial charge in [-0.05, 0) is 60.2 Å². The second-order valence-corrected chi connectivity index (χ2v) is 6.61. The molecule has 0 radical (unpaired) electrons. The van der Waals surface area contributed by atoms with E-state index >= 15 is 0 Å². The van der Waals surface area contributed by atoms with E-state index in [9.17, 15) is 9.18 Å². The third-order valence-corrected chi connectivity index (χ3v) is 4.38. The number of carbonyl (C=O) groups is 1. The van der Waals surface area contributed by atoms with Crippen molar-refractivity contribution in [2.75, 3.05) is 0 Å². The van der Waals surface area contributed by atoms with Crippen LogP contribution in [0.1, 0.15) is 21.5 Å². The molecule has 4 nitrogen and oxygen atoms in total. The molecule has 0 saturated heterocycles. The molecule has 1 N–H and O–H groups in total. The summed E-state index contributed by atoms with van der Waals surface area (Å²) in [6.07, 6.45) is 1.50. The molecule has 0 aromatic heterocycles. The average Bonchev–Trinajstić information content (AvgIpc) is 2.68. The Bertz CT molecular complexity index is 987. The predicted octanol–water partition coefficient (Wildman–Crippen LogP) is 5.48. The van der Waals surface area contributed by atoms with Gasteiger partial charge >= 0.3 is 0 Å². The summed E-state index contributed by atoms with van der Waals surface area (Å²) in [5.41, 5.74) is 3.91. The Balaban J connectivity index is 1.55. The highest BCUT2D eigenvalue weighted by molar-refractivity contribution is 6.31. The van der Waals surface area contributed by atoms with Crippen molar-refractivity contribution in [3.8, 4) is 5.75 Å². The van der Waals surface area contributed by atoms with Gasteiger partial charge in [-0.1, -0.05) is 35.3 Å². The largest absolute Gasteiger partial charge is 0.489 e. The maximum Gasteiger partial charge on any atom is 0.271 e. The maximum atomic E-state index is 13.7. The molecule has 0 atom stereocenters. The third-order valence-electron chi connectivity index (χ3n) is 3.79. The van der Waals surface area contributed by atoms with E-state index in [1.54, 1.807) is 60.7 Å². The molecule has 0 aliphatic heterocycles. The number of hydrogen-bond donors (Lipinski definition) is 1. The first-order valence-corrected chi connectivity index (χ1v) is 9.03. The molecule has 3 aromatic carbocycles. The van der Waals surface area contributed by atoms with Crippen molar-refractivity contribution in [1.82, 2.24) is 5.43 Å². The highest BCUT2D eigenvalue weighted by atomic mass is 35.5. The molecule has 0 heterocycles. The lowest BCUT2D eigenvalue weighted by molar-refractivity contribution is 0.0955. The normalized spacial score (nSPS) is 10.8. The Morgan fingerprint density at radius 2 is 1.82 bits per heavy atom. The number of nitrogens with one attached hydrogen (secondary N) is 1. The van der Waals surface area contributed by atoms with Crippen LogP contribution < -0.4 is 10.2 Å². The van der Waals surface area contributed by atoms with Crippen LogP contribution in [0.5, 0.6) is 5.75 Å². The molecule has 7 heteroatoms. The number of amides is 1. The lowest BCUT2D eigenvalue weighted by Crippen LogP contribution is -2.17. The van der Waals surface area contributed by atoms with Crippen molar-refractivity contribution in [3.05, 3.63) is 99.3 Å². The highest BCUT2D eigenvalue weighted by Gasteiger charge is 2.07.